The third kappa shape index (κ3) is 3.99. The average Bonchev–Trinajstić information content (AvgIpc) is 2.43. The lowest BCUT2D eigenvalue weighted by Crippen LogP contribution is -2.41. The number of amides is 1. The first-order valence-electron chi connectivity index (χ1n) is 6.02. The zero-order valence-corrected chi connectivity index (χ0v) is 12.5. The highest BCUT2D eigenvalue weighted by Crippen LogP contribution is 2.22. The van der Waals surface area contributed by atoms with Crippen molar-refractivity contribution in [1.29, 1.82) is 0 Å². The number of thioether (sulfide) groups is 1. The molecule has 1 aromatic rings. The quantitative estimate of drug-likeness (QED) is 0.614. The van der Waals surface area contributed by atoms with E-state index in [1.54, 1.807) is 6.07 Å². The minimum Gasteiger partial charge on any atom is -0.468 e. The molecule has 1 aromatic carbocycles. The molecule has 0 aromatic heterocycles. The molecule has 0 aliphatic carbocycles. The van der Waals surface area contributed by atoms with Crippen molar-refractivity contribution in [2.24, 2.45) is 0 Å². The first-order chi connectivity index (χ1) is 9.01. The van der Waals surface area contributed by atoms with Crippen molar-refractivity contribution in [3.05, 3.63) is 29.8 Å². The monoisotopic (exact) mass is 281 g/mol. The number of carbonyl (C=O) groups excluding carboxylic acids is 2. The molecule has 0 fully saturated rings. The van der Waals surface area contributed by atoms with Gasteiger partial charge in [-0.15, -0.1) is 11.8 Å². The Balaban J connectivity index is 3.02. The van der Waals surface area contributed by atoms with Crippen LogP contribution in [0.25, 0.3) is 0 Å². The maximum Gasteiger partial charge on any atom is 0.325 e. The fraction of sp³-hybridized carbons (Fsp3) is 0.429. The van der Waals surface area contributed by atoms with Gasteiger partial charge in [0, 0.05) is 10.9 Å². The molecule has 1 amide bonds. The molecule has 0 saturated carbocycles. The SMILES string of the molecule is COC(=O)CN(C(=O)c1ccccc1SC)C(C)C. The first-order valence-corrected chi connectivity index (χ1v) is 7.24. The summed E-state index contributed by atoms with van der Waals surface area (Å²) in [5.41, 5.74) is 0.618. The largest absolute Gasteiger partial charge is 0.468 e. The molecule has 0 heterocycles. The summed E-state index contributed by atoms with van der Waals surface area (Å²) in [5.74, 6) is -0.561. The number of esters is 1. The normalized spacial score (nSPS) is 10.4. The summed E-state index contributed by atoms with van der Waals surface area (Å²) in [6.07, 6.45) is 1.92. The van der Waals surface area contributed by atoms with E-state index in [0.29, 0.717) is 5.56 Å². The maximum atomic E-state index is 12.5. The summed E-state index contributed by atoms with van der Waals surface area (Å²) in [5, 5.41) is 0. The number of carbonyl (C=O) groups is 2. The highest BCUT2D eigenvalue weighted by atomic mass is 32.2. The van der Waals surface area contributed by atoms with Gasteiger partial charge in [0.15, 0.2) is 0 Å². The highest BCUT2D eigenvalue weighted by molar-refractivity contribution is 7.98. The number of hydrogen-bond acceptors (Lipinski definition) is 4. The van der Waals surface area contributed by atoms with Gasteiger partial charge in [0.05, 0.1) is 12.7 Å². The second-order valence-electron chi connectivity index (χ2n) is 4.30. The number of hydrogen-bond donors (Lipinski definition) is 0. The molecule has 0 spiro atoms. The zero-order valence-electron chi connectivity index (χ0n) is 11.7. The number of nitrogens with zero attached hydrogens (tertiary/aromatic N) is 1. The van der Waals surface area contributed by atoms with Crippen LogP contribution in [0.4, 0.5) is 0 Å². The van der Waals surface area contributed by atoms with E-state index >= 15 is 0 Å². The van der Waals surface area contributed by atoms with Crippen LogP contribution >= 0.6 is 11.8 Å². The fourth-order valence-corrected chi connectivity index (χ4v) is 2.26. The molecule has 4 nitrogen and oxygen atoms in total. The van der Waals surface area contributed by atoms with E-state index in [0.717, 1.165) is 4.90 Å². The molecule has 0 N–H and O–H groups in total. The number of ether oxygens (including phenoxy) is 1. The summed E-state index contributed by atoms with van der Waals surface area (Å²) in [4.78, 5) is 26.3. The third-order valence-corrected chi connectivity index (χ3v) is 3.54. The van der Waals surface area contributed by atoms with Crippen molar-refractivity contribution in [2.45, 2.75) is 24.8 Å². The predicted molar refractivity (Wildman–Crippen MR) is 76.4 cm³/mol. The maximum absolute atomic E-state index is 12.5. The van der Waals surface area contributed by atoms with Crippen LogP contribution in [0.1, 0.15) is 24.2 Å². The van der Waals surface area contributed by atoms with E-state index in [1.807, 2.05) is 38.3 Å². The van der Waals surface area contributed by atoms with Gasteiger partial charge in [0.25, 0.3) is 5.91 Å². The van der Waals surface area contributed by atoms with Gasteiger partial charge in [-0.2, -0.15) is 0 Å². The molecule has 0 saturated heterocycles. The molecule has 19 heavy (non-hydrogen) atoms. The molecule has 0 aliphatic heterocycles. The van der Waals surface area contributed by atoms with Gasteiger partial charge in [-0.1, -0.05) is 12.1 Å². The topological polar surface area (TPSA) is 46.6 Å². The summed E-state index contributed by atoms with van der Waals surface area (Å²) < 4.78 is 4.64. The van der Waals surface area contributed by atoms with Crippen LogP contribution in [0.2, 0.25) is 0 Å². The summed E-state index contributed by atoms with van der Waals surface area (Å²) in [6.45, 7) is 3.72. The smallest absolute Gasteiger partial charge is 0.325 e. The van der Waals surface area contributed by atoms with Gasteiger partial charge in [-0.05, 0) is 32.2 Å². The van der Waals surface area contributed by atoms with Gasteiger partial charge in [-0.3, -0.25) is 9.59 Å². The van der Waals surface area contributed by atoms with E-state index in [2.05, 4.69) is 4.74 Å². The lowest BCUT2D eigenvalue weighted by atomic mass is 10.1. The average molecular weight is 281 g/mol. The van der Waals surface area contributed by atoms with Crippen LogP contribution in [0, 0.1) is 0 Å². The highest BCUT2D eigenvalue weighted by Gasteiger charge is 2.23. The minimum absolute atomic E-state index is 0.0320. The molecule has 104 valence electrons. The number of methoxy groups -OCH3 is 1. The molecular weight excluding hydrogens is 262 g/mol. The van der Waals surface area contributed by atoms with Crippen molar-refractivity contribution in [2.75, 3.05) is 19.9 Å². The summed E-state index contributed by atoms with van der Waals surface area (Å²) >= 11 is 1.51. The Kier molecular flexibility index (Phi) is 5.89. The van der Waals surface area contributed by atoms with E-state index in [9.17, 15) is 9.59 Å². The van der Waals surface area contributed by atoms with Crippen LogP contribution in [0.15, 0.2) is 29.2 Å². The van der Waals surface area contributed by atoms with Gasteiger partial charge in [0.2, 0.25) is 0 Å². The molecule has 0 unspecified atom stereocenters. The van der Waals surface area contributed by atoms with E-state index < -0.39 is 5.97 Å². The second-order valence-corrected chi connectivity index (χ2v) is 5.15. The molecule has 0 atom stereocenters. The van der Waals surface area contributed by atoms with Gasteiger partial charge in [0.1, 0.15) is 6.54 Å². The van der Waals surface area contributed by atoms with Crippen molar-refractivity contribution in [3.63, 3.8) is 0 Å². The van der Waals surface area contributed by atoms with Crippen molar-refractivity contribution >= 4 is 23.6 Å². The van der Waals surface area contributed by atoms with Crippen molar-refractivity contribution < 1.29 is 14.3 Å². The van der Waals surface area contributed by atoms with Crippen LogP contribution in [0.5, 0.6) is 0 Å². The summed E-state index contributed by atoms with van der Waals surface area (Å²) in [7, 11) is 1.32. The number of benzene rings is 1. The third-order valence-electron chi connectivity index (χ3n) is 2.75. The molecule has 0 aliphatic rings. The Morgan fingerprint density at radius 1 is 1.32 bits per heavy atom. The van der Waals surface area contributed by atoms with Crippen molar-refractivity contribution in [3.8, 4) is 0 Å². The molecule has 0 bridgehead atoms. The lowest BCUT2D eigenvalue weighted by molar-refractivity contribution is -0.141. The molecule has 1 rings (SSSR count). The van der Waals surface area contributed by atoms with Gasteiger partial charge >= 0.3 is 5.97 Å². The minimum atomic E-state index is -0.413. The van der Waals surface area contributed by atoms with E-state index in [-0.39, 0.29) is 18.5 Å². The van der Waals surface area contributed by atoms with E-state index in [4.69, 9.17) is 0 Å². The fourth-order valence-electron chi connectivity index (χ4n) is 1.67. The Hall–Kier alpha value is -1.49. The lowest BCUT2D eigenvalue weighted by Gasteiger charge is -2.26. The second kappa shape index (κ2) is 7.19. The van der Waals surface area contributed by atoms with E-state index in [1.165, 1.54) is 23.8 Å². The Morgan fingerprint density at radius 2 is 1.95 bits per heavy atom. The number of rotatable bonds is 5. The van der Waals surface area contributed by atoms with Crippen molar-refractivity contribution in [1.82, 2.24) is 4.90 Å². The standard InChI is InChI=1S/C14H19NO3S/c1-10(2)15(9-13(16)18-3)14(17)11-7-5-6-8-12(11)19-4/h5-8,10H,9H2,1-4H3. The zero-order chi connectivity index (χ0) is 14.4. The first kappa shape index (κ1) is 15.6. The molecule has 0 radical (unpaired) electrons. The summed E-state index contributed by atoms with van der Waals surface area (Å²) in [6, 6.07) is 7.32. The van der Waals surface area contributed by atoms with Gasteiger partial charge in [-0.25, -0.2) is 0 Å². The Morgan fingerprint density at radius 3 is 2.47 bits per heavy atom. The molecule has 5 heteroatoms. The van der Waals surface area contributed by atoms with Crippen LogP contribution in [0.3, 0.4) is 0 Å². The Labute approximate surface area is 118 Å². The van der Waals surface area contributed by atoms with Crippen LogP contribution in [-0.2, 0) is 9.53 Å². The van der Waals surface area contributed by atoms with Crippen LogP contribution < -0.4 is 0 Å². The van der Waals surface area contributed by atoms with Crippen LogP contribution in [-0.4, -0.2) is 42.7 Å². The predicted octanol–water partition coefficient (Wildman–Crippen LogP) is 2.43. The van der Waals surface area contributed by atoms with Gasteiger partial charge < -0.3 is 9.64 Å². The Bertz CT molecular complexity index is 460. The molecular formula is C14H19NO3S.